The number of carboxylic acids is 1. The maximum absolute atomic E-state index is 11.6. The van der Waals surface area contributed by atoms with Crippen LogP contribution in [0.5, 0.6) is 0 Å². The Hall–Kier alpha value is -2.64. The molecule has 0 bridgehead atoms. The molecule has 0 unspecified atom stereocenters. The minimum absolute atomic E-state index is 0.000373. The van der Waals surface area contributed by atoms with E-state index in [0.717, 1.165) is 6.07 Å². The fourth-order valence-corrected chi connectivity index (χ4v) is 1.61. The summed E-state index contributed by atoms with van der Waals surface area (Å²) in [5.41, 5.74) is -0.978. The summed E-state index contributed by atoms with van der Waals surface area (Å²) in [6, 6.07) is 3.88. The van der Waals surface area contributed by atoms with Gasteiger partial charge < -0.3 is 15.7 Å². The van der Waals surface area contributed by atoms with Gasteiger partial charge in [0.05, 0.1) is 11.5 Å². The molecule has 1 rings (SSSR count). The molecule has 0 radical (unpaired) electrons. The molecule has 0 aliphatic rings. The van der Waals surface area contributed by atoms with Crippen LogP contribution in [0.15, 0.2) is 18.2 Å². The monoisotopic (exact) mass is 295 g/mol. The predicted octanol–water partition coefficient (Wildman–Crippen LogP) is 1.48. The molecule has 3 N–H and O–H groups in total. The van der Waals surface area contributed by atoms with Crippen LogP contribution < -0.4 is 10.6 Å². The highest BCUT2D eigenvalue weighted by Gasteiger charge is 2.24. The quantitative estimate of drug-likeness (QED) is 0.517. The lowest BCUT2D eigenvalue weighted by Crippen LogP contribution is -2.32. The number of nitrogens with one attached hydrogen (secondary N) is 2. The smallest absolute Gasteiger partial charge is 0.342 e. The van der Waals surface area contributed by atoms with Crippen LogP contribution in [0, 0.1) is 16.0 Å². The fourth-order valence-electron chi connectivity index (χ4n) is 1.61. The number of nitro groups is 1. The van der Waals surface area contributed by atoms with Crippen molar-refractivity contribution in [2.45, 2.75) is 13.8 Å². The first-order valence-corrected chi connectivity index (χ1v) is 6.34. The third-order valence-electron chi connectivity index (χ3n) is 2.60. The zero-order valence-corrected chi connectivity index (χ0v) is 11.8. The summed E-state index contributed by atoms with van der Waals surface area (Å²) < 4.78 is 0. The zero-order chi connectivity index (χ0) is 16.0. The maximum Gasteiger partial charge on any atom is 0.342 e. The van der Waals surface area contributed by atoms with Crippen LogP contribution in [-0.4, -0.2) is 35.0 Å². The largest absolute Gasteiger partial charge is 0.477 e. The first-order valence-electron chi connectivity index (χ1n) is 6.34. The Morgan fingerprint density at radius 3 is 2.57 bits per heavy atom. The van der Waals surface area contributed by atoms with Crippen LogP contribution in [0.3, 0.4) is 0 Å². The topological polar surface area (TPSA) is 122 Å². The van der Waals surface area contributed by atoms with Crippen molar-refractivity contribution in [1.29, 1.82) is 0 Å². The molecular weight excluding hydrogens is 278 g/mol. The Balaban J connectivity index is 2.84. The Labute approximate surface area is 121 Å². The summed E-state index contributed by atoms with van der Waals surface area (Å²) in [7, 11) is 0. The van der Waals surface area contributed by atoms with E-state index in [4.69, 9.17) is 5.11 Å². The molecule has 0 saturated heterocycles. The van der Waals surface area contributed by atoms with Crippen LogP contribution in [0.4, 0.5) is 11.4 Å². The van der Waals surface area contributed by atoms with Gasteiger partial charge in [-0.2, -0.15) is 0 Å². The van der Waals surface area contributed by atoms with Crippen LogP contribution in [0.2, 0.25) is 0 Å². The average Bonchev–Trinajstić information content (AvgIpc) is 2.41. The van der Waals surface area contributed by atoms with Crippen molar-refractivity contribution >= 4 is 23.3 Å². The van der Waals surface area contributed by atoms with E-state index in [1.165, 1.54) is 12.1 Å². The third-order valence-corrected chi connectivity index (χ3v) is 2.60. The van der Waals surface area contributed by atoms with Crippen LogP contribution in [-0.2, 0) is 4.79 Å². The van der Waals surface area contributed by atoms with E-state index in [2.05, 4.69) is 10.6 Å². The van der Waals surface area contributed by atoms with Gasteiger partial charge in [0.1, 0.15) is 11.3 Å². The lowest BCUT2D eigenvalue weighted by molar-refractivity contribution is -0.384. The molecule has 8 heteroatoms. The molecule has 1 amide bonds. The summed E-state index contributed by atoms with van der Waals surface area (Å²) in [5.74, 6) is -1.42. The first-order chi connectivity index (χ1) is 9.82. The van der Waals surface area contributed by atoms with Crippen molar-refractivity contribution in [3.63, 3.8) is 0 Å². The molecule has 0 aliphatic heterocycles. The lowest BCUT2D eigenvalue weighted by atomic mass is 10.1. The number of para-hydroxylation sites is 1. The summed E-state index contributed by atoms with van der Waals surface area (Å²) in [6.07, 6.45) is 0. The van der Waals surface area contributed by atoms with Gasteiger partial charge in [-0.3, -0.25) is 14.9 Å². The second-order valence-corrected chi connectivity index (χ2v) is 4.82. The van der Waals surface area contributed by atoms with Gasteiger partial charge in [0.15, 0.2) is 0 Å². The van der Waals surface area contributed by atoms with Gasteiger partial charge in [0, 0.05) is 6.54 Å². The number of anilines is 1. The number of hydrogen-bond acceptors (Lipinski definition) is 5. The zero-order valence-electron chi connectivity index (χ0n) is 11.8. The number of hydrogen-bond donors (Lipinski definition) is 3. The van der Waals surface area contributed by atoms with Crippen molar-refractivity contribution in [3.8, 4) is 0 Å². The van der Waals surface area contributed by atoms with Gasteiger partial charge >= 0.3 is 11.7 Å². The minimum Gasteiger partial charge on any atom is -0.477 e. The lowest BCUT2D eigenvalue weighted by Gasteiger charge is -2.10. The van der Waals surface area contributed by atoms with Crippen molar-refractivity contribution in [2.75, 3.05) is 18.4 Å². The van der Waals surface area contributed by atoms with Gasteiger partial charge in [0.2, 0.25) is 5.91 Å². The highest BCUT2D eigenvalue weighted by molar-refractivity contribution is 5.95. The molecule has 0 saturated carbocycles. The molecule has 0 spiro atoms. The Bertz CT molecular complexity index is 557. The van der Waals surface area contributed by atoms with Crippen molar-refractivity contribution in [2.24, 2.45) is 5.92 Å². The van der Waals surface area contributed by atoms with Gasteiger partial charge in [0.25, 0.3) is 0 Å². The van der Waals surface area contributed by atoms with Gasteiger partial charge in [-0.1, -0.05) is 19.9 Å². The second kappa shape index (κ2) is 7.22. The molecule has 8 nitrogen and oxygen atoms in total. The number of carbonyl (C=O) groups is 2. The fraction of sp³-hybridized carbons (Fsp3) is 0.385. The van der Waals surface area contributed by atoms with E-state index in [0.29, 0.717) is 12.5 Å². The van der Waals surface area contributed by atoms with E-state index >= 15 is 0 Å². The van der Waals surface area contributed by atoms with Crippen LogP contribution in [0.25, 0.3) is 0 Å². The molecule has 0 aromatic heterocycles. The van der Waals surface area contributed by atoms with Crippen molar-refractivity contribution < 1.29 is 19.6 Å². The molecule has 21 heavy (non-hydrogen) atoms. The summed E-state index contributed by atoms with van der Waals surface area (Å²) in [6.45, 7) is 4.21. The molecular formula is C13H17N3O5. The Morgan fingerprint density at radius 1 is 1.38 bits per heavy atom. The minimum atomic E-state index is -1.39. The number of amides is 1. The number of carbonyl (C=O) groups excluding carboxylic acids is 1. The van der Waals surface area contributed by atoms with Crippen molar-refractivity contribution in [1.82, 2.24) is 5.32 Å². The molecule has 0 fully saturated rings. The Kier molecular flexibility index (Phi) is 5.65. The molecule has 1 aromatic carbocycles. The number of benzene rings is 1. The van der Waals surface area contributed by atoms with Gasteiger partial charge in [-0.05, 0) is 18.1 Å². The number of aromatic carboxylic acids is 1. The average molecular weight is 295 g/mol. The summed E-state index contributed by atoms with van der Waals surface area (Å²) in [4.78, 5) is 32.8. The number of nitrogens with zero attached hydrogens (tertiary/aromatic N) is 1. The van der Waals surface area contributed by atoms with E-state index in [-0.39, 0.29) is 18.1 Å². The molecule has 1 aromatic rings. The summed E-state index contributed by atoms with van der Waals surface area (Å²) >= 11 is 0. The number of carboxylic acid groups (broad SMARTS) is 1. The van der Waals surface area contributed by atoms with Crippen LogP contribution in [0.1, 0.15) is 24.2 Å². The number of rotatable bonds is 7. The molecule has 0 atom stereocenters. The molecule has 0 aliphatic carbocycles. The van der Waals surface area contributed by atoms with Gasteiger partial charge in [-0.25, -0.2) is 4.79 Å². The Morgan fingerprint density at radius 2 is 2.05 bits per heavy atom. The van der Waals surface area contributed by atoms with E-state index in [1.807, 2.05) is 13.8 Å². The first kappa shape index (κ1) is 16.4. The second-order valence-electron chi connectivity index (χ2n) is 4.82. The molecule has 0 heterocycles. The van der Waals surface area contributed by atoms with E-state index in [1.54, 1.807) is 0 Å². The van der Waals surface area contributed by atoms with E-state index < -0.39 is 22.1 Å². The van der Waals surface area contributed by atoms with Crippen molar-refractivity contribution in [3.05, 3.63) is 33.9 Å². The number of nitro benzene ring substituents is 1. The normalized spacial score (nSPS) is 10.2. The molecule has 114 valence electrons. The predicted molar refractivity (Wildman–Crippen MR) is 76.4 cm³/mol. The summed E-state index contributed by atoms with van der Waals surface area (Å²) in [5, 5.41) is 25.2. The standard InChI is InChI=1S/C13H17N3O5/c1-8(2)6-15-11(17)7-14-10-5-3-4-9(13(18)19)12(10)16(20)21/h3-5,8,14H,6-7H2,1-2H3,(H,15,17)(H,18,19). The maximum atomic E-state index is 11.6. The SMILES string of the molecule is CC(C)CNC(=O)CNc1cccc(C(=O)O)c1[N+](=O)[O-]. The van der Waals surface area contributed by atoms with Gasteiger partial charge in [-0.15, -0.1) is 0 Å². The highest BCUT2D eigenvalue weighted by atomic mass is 16.6. The third kappa shape index (κ3) is 4.75. The van der Waals surface area contributed by atoms with E-state index in [9.17, 15) is 19.7 Å². The van der Waals surface area contributed by atoms with Crippen LogP contribution >= 0.6 is 0 Å². The highest BCUT2D eigenvalue weighted by Crippen LogP contribution is 2.28.